The third-order valence-corrected chi connectivity index (χ3v) is 4.49. The first-order valence-electron chi connectivity index (χ1n) is 3.93. The zero-order valence-electron chi connectivity index (χ0n) is 7.31. The summed E-state index contributed by atoms with van der Waals surface area (Å²) in [4.78, 5) is 0. The highest BCUT2D eigenvalue weighted by Crippen LogP contribution is 2.31. The monoisotopic (exact) mass is 186 g/mol. The van der Waals surface area contributed by atoms with Crippen LogP contribution in [-0.4, -0.2) is 5.75 Å². The summed E-state index contributed by atoms with van der Waals surface area (Å²) in [5.41, 5.74) is 2.92. The Hall–Kier alpha value is 0.0500. The zero-order chi connectivity index (χ0) is 8.27. The average Bonchev–Trinajstić information content (AvgIpc) is 2.31. The molecule has 0 aromatic carbocycles. The predicted molar refractivity (Wildman–Crippen MR) is 54.8 cm³/mol. The van der Waals surface area contributed by atoms with Crippen LogP contribution in [0.1, 0.15) is 24.5 Å². The highest BCUT2D eigenvalue weighted by Gasteiger charge is 2.02. The third-order valence-electron chi connectivity index (χ3n) is 1.68. The lowest BCUT2D eigenvalue weighted by molar-refractivity contribution is 1.11. The quantitative estimate of drug-likeness (QED) is 0.646. The van der Waals surface area contributed by atoms with E-state index < -0.39 is 0 Å². The van der Waals surface area contributed by atoms with E-state index in [9.17, 15) is 0 Å². The van der Waals surface area contributed by atoms with Gasteiger partial charge in [0, 0.05) is 0 Å². The fourth-order valence-corrected chi connectivity index (χ4v) is 3.05. The fraction of sp³-hybridized carbons (Fsp3) is 0.556. The van der Waals surface area contributed by atoms with Crippen LogP contribution in [0, 0.1) is 13.8 Å². The summed E-state index contributed by atoms with van der Waals surface area (Å²) in [6, 6.07) is 0. The smallest absolute Gasteiger partial charge is 0.0630 e. The minimum atomic E-state index is 1.25. The van der Waals surface area contributed by atoms with E-state index in [2.05, 4.69) is 26.2 Å². The summed E-state index contributed by atoms with van der Waals surface area (Å²) >= 11 is 3.87. The van der Waals surface area contributed by atoms with Gasteiger partial charge in [-0.15, -0.1) is 23.1 Å². The lowest BCUT2D eigenvalue weighted by Crippen LogP contribution is -1.75. The van der Waals surface area contributed by atoms with Crippen molar-refractivity contribution in [3.05, 3.63) is 16.5 Å². The van der Waals surface area contributed by atoms with Crippen LogP contribution in [0.2, 0.25) is 0 Å². The SMILES string of the molecule is CCCSc1scc(C)c1C. The molecule has 1 aromatic heterocycles. The average molecular weight is 186 g/mol. The predicted octanol–water partition coefficient (Wildman–Crippen LogP) is 3.87. The van der Waals surface area contributed by atoms with E-state index in [1.165, 1.54) is 27.5 Å². The summed E-state index contributed by atoms with van der Waals surface area (Å²) < 4.78 is 1.50. The first-order valence-corrected chi connectivity index (χ1v) is 5.79. The van der Waals surface area contributed by atoms with Crippen LogP contribution >= 0.6 is 23.1 Å². The molecular weight excluding hydrogens is 172 g/mol. The molecule has 0 N–H and O–H groups in total. The Morgan fingerprint density at radius 3 is 2.64 bits per heavy atom. The normalized spacial score (nSPS) is 10.5. The summed E-state index contributed by atoms with van der Waals surface area (Å²) in [5, 5.41) is 2.24. The van der Waals surface area contributed by atoms with Gasteiger partial charge >= 0.3 is 0 Å². The molecular formula is C9H14S2. The molecule has 11 heavy (non-hydrogen) atoms. The number of thiophene rings is 1. The second-order valence-electron chi connectivity index (χ2n) is 2.68. The topological polar surface area (TPSA) is 0 Å². The van der Waals surface area contributed by atoms with Crippen LogP contribution in [0.25, 0.3) is 0 Å². The van der Waals surface area contributed by atoms with Gasteiger partial charge in [-0.3, -0.25) is 0 Å². The van der Waals surface area contributed by atoms with E-state index >= 15 is 0 Å². The van der Waals surface area contributed by atoms with Gasteiger partial charge in [0.15, 0.2) is 0 Å². The second kappa shape index (κ2) is 4.17. The maximum atomic E-state index is 2.24. The van der Waals surface area contributed by atoms with Crippen LogP contribution in [-0.2, 0) is 0 Å². The van der Waals surface area contributed by atoms with Crippen molar-refractivity contribution in [3.8, 4) is 0 Å². The molecule has 1 aromatic rings. The number of rotatable bonds is 3. The molecule has 0 aliphatic rings. The van der Waals surface area contributed by atoms with Crippen molar-refractivity contribution in [1.82, 2.24) is 0 Å². The van der Waals surface area contributed by atoms with Crippen molar-refractivity contribution >= 4 is 23.1 Å². The van der Waals surface area contributed by atoms with E-state index in [4.69, 9.17) is 0 Å². The van der Waals surface area contributed by atoms with E-state index in [-0.39, 0.29) is 0 Å². The number of hydrogen-bond donors (Lipinski definition) is 0. The molecule has 0 atom stereocenters. The van der Waals surface area contributed by atoms with Gasteiger partial charge in [0.1, 0.15) is 0 Å². The Kier molecular flexibility index (Phi) is 3.46. The van der Waals surface area contributed by atoms with Crippen molar-refractivity contribution in [2.75, 3.05) is 5.75 Å². The summed E-state index contributed by atoms with van der Waals surface area (Å²) in [7, 11) is 0. The number of hydrogen-bond acceptors (Lipinski definition) is 2. The lowest BCUT2D eigenvalue weighted by Gasteiger charge is -1.96. The largest absolute Gasteiger partial charge is 0.137 e. The van der Waals surface area contributed by atoms with E-state index in [0.717, 1.165) is 0 Å². The fourth-order valence-electron chi connectivity index (χ4n) is 0.817. The molecule has 0 bridgehead atoms. The van der Waals surface area contributed by atoms with Gasteiger partial charge in [0.25, 0.3) is 0 Å². The van der Waals surface area contributed by atoms with Crippen LogP contribution < -0.4 is 0 Å². The van der Waals surface area contributed by atoms with E-state index in [1.807, 2.05) is 23.1 Å². The molecule has 0 aliphatic heterocycles. The van der Waals surface area contributed by atoms with Crippen molar-refractivity contribution < 1.29 is 0 Å². The Morgan fingerprint density at radius 1 is 1.45 bits per heavy atom. The van der Waals surface area contributed by atoms with Gasteiger partial charge in [-0.25, -0.2) is 0 Å². The summed E-state index contributed by atoms with van der Waals surface area (Å²) in [5.74, 6) is 1.25. The van der Waals surface area contributed by atoms with Gasteiger partial charge < -0.3 is 0 Å². The molecule has 0 aliphatic carbocycles. The van der Waals surface area contributed by atoms with Crippen molar-refractivity contribution in [1.29, 1.82) is 0 Å². The summed E-state index contributed by atoms with van der Waals surface area (Å²) in [6.07, 6.45) is 1.26. The highest BCUT2D eigenvalue weighted by molar-refractivity contribution is 8.01. The molecule has 0 unspecified atom stereocenters. The molecule has 0 saturated carbocycles. The highest BCUT2D eigenvalue weighted by atomic mass is 32.2. The third kappa shape index (κ3) is 2.24. The standard InChI is InChI=1S/C9H14S2/c1-4-5-10-9-8(3)7(2)6-11-9/h6H,4-5H2,1-3H3. The van der Waals surface area contributed by atoms with Crippen LogP contribution in [0.4, 0.5) is 0 Å². The zero-order valence-corrected chi connectivity index (χ0v) is 8.94. The molecule has 62 valence electrons. The van der Waals surface area contributed by atoms with Gasteiger partial charge in [-0.2, -0.15) is 0 Å². The van der Waals surface area contributed by atoms with Gasteiger partial charge in [-0.05, 0) is 42.5 Å². The Morgan fingerprint density at radius 2 is 2.18 bits per heavy atom. The van der Waals surface area contributed by atoms with Crippen molar-refractivity contribution in [2.24, 2.45) is 0 Å². The Labute approximate surface area is 77.0 Å². The maximum absolute atomic E-state index is 2.24. The molecule has 2 heteroatoms. The molecule has 0 nitrogen and oxygen atoms in total. The molecule has 0 radical (unpaired) electrons. The first kappa shape index (κ1) is 9.14. The molecule has 0 fully saturated rings. The van der Waals surface area contributed by atoms with E-state index in [1.54, 1.807) is 0 Å². The van der Waals surface area contributed by atoms with Crippen LogP contribution in [0.5, 0.6) is 0 Å². The van der Waals surface area contributed by atoms with Crippen LogP contribution in [0.3, 0.4) is 0 Å². The van der Waals surface area contributed by atoms with Gasteiger partial charge in [0.05, 0.1) is 4.21 Å². The molecule has 1 heterocycles. The lowest BCUT2D eigenvalue weighted by atomic mass is 10.2. The molecule has 0 saturated heterocycles. The van der Waals surface area contributed by atoms with E-state index in [0.29, 0.717) is 0 Å². The summed E-state index contributed by atoms with van der Waals surface area (Å²) in [6.45, 7) is 6.62. The van der Waals surface area contributed by atoms with Gasteiger partial charge in [0.2, 0.25) is 0 Å². The van der Waals surface area contributed by atoms with Crippen molar-refractivity contribution in [3.63, 3.8) is 0 Å². The maximum Gasteiger partial charge on any atom is 0.0630 e. The van der Waals surface area contributed by atoms with Crippen molar-refractivity contribution in [2.45, 2.75) is 31.4 Å². The van der Waals surface area contributed by atoms with Crippen LogP contribution in [0.15, 0.2) is 9.59 Å². The van der Waals surface area contributed by atoms with Gasteiger partial charge in [-0.1, -0.05) is 6.92 Å². The molecule has 0 amide bonds. The minimum absolute atomic E-state index is 1.25. The minimum Gasteiger partial charge on any atom is -0.137 e. The Balaban J connectivity index is 2.63. The number of thioether (sulfide) groups is 1. The Bertz CT molecular complexity index is 225. The molecule has 1 rings (SSSR count). The first-order chi connectivity index (χ1) is 5.25. The second-order valence-corrected chi connectivity index (χ2v) is 4.92. The molecule has 0 spiro atoms. The number of aryl methyl sites for hydroxylation is 1.